The van der Waals surface area contributed by atoms with Gasteiger partial charge in [-0.25, -0.2) is 4.68 Å². The number of nitrogens with two attached hydrogens (primary N) is 1. The van der Waals surface area contributed by atoms with Crippen LogP contribution in [0.25, 0.3) is 10.7 Å². The summed E-state index contributed by atoms with van der Waals surface area (Å²) in [6.07, 6.45) is 0. The van der Waals surface area contributed by atoms with Crippen molar-refractivity contribution in [1.29, 1.82) is 0 Å². The molecule has 0 aliphatic carbocycles. The highest BCUT2D eigenvalue weighted by Gasteiger charge is 2.22. The third kappa shape index (κ3) is 3.11. The lowest BCUT2D eigenvalue weighted by atomic mass is 10.1. The van der Waals surface area contributed by atoms with Gasteiger partial charge in [0.15, 0.2) is 12.6 Å². The zero-order valence-corrected chi connectivity index (χ0v) is 15.0. The van der Waals surface area contributed by atoms with Crippen LogP contribution in [0.2, 0.25) is 0 Å². The summed E-state index contributed by atoms with van der Waals surface area (Å²) in [6, 6.07) is 6.81. The molecule has 0 radical (unpaired) electrons. The summed E-state index contributed by atoms with van der Waals surface area (Å²) in [5.74, 6) is 7.70. The number of thioether (sulfide) groups is 1. The molecule has 0 unspecified atom stereocenters. The van der Waals surface area contributed by atoms with Crippen LogP contribution in [0.4, 0.5) is 5.69 Å². The average Bonchev–Trinajstić information content (AvgIpc) is 3.29. The lowest BCUT2D eigenvalue weighted by Crippen LogP contribution is -2.14. The summed E-state index contributed by atoms with van der Waals surface area (Å²) in [5.41, 5.74) is 1.36. The van der Waals surface area contributed by atoms with Crippen LogP contribution in [0, 0.1) is 10.1 Å². The number of aromatic nitrogens is 3. The van der Waals surface area contributed by atoms with Crippen LogP contribution in [0.5, 0.6) is 5.75 Å². The summed E-state index contributed by atoms with van der Waals surface area (Å²) < 4.78 is 12.2. The molecule has 134 valence electrons. The maximum atomic E-state index is 11.2. The van der Waals surface area contributed by atoms with Crippen molar-refractivity contribution < 1.29 is 14.4 Å². The van der Waals surface area contributed by atoms with Crippen molar-refractivity contribution in [2.75, 3.05) is 12.6 Å². The van der Waals surface area contributed by atoms with E-state index in [0.29, 0.717) is 33.6 Å². The lowest BCUT2D eigenvalue weighted by molar-refractivity contribution is -0.385. The van der Waals surface area contributed by atoms with Gasteiger partial charge >= 0.3 is 0 Å². The number of benzene rings is 1. The van der Waals surface area contributed by atoms with Gasteiger partial charge in [-0.1, -0.05) is 17.8 Å². The van der Waals surface area contributed by atoms with Crippen LogP contribution in [-0.2, 0) is 17.1 Å². The van der Waals surface area contributed by atoms with Gasteiger partial charge in [0.1, 0.15) is 5.75 Å². The molecule has 1 aliphatic heterocycles. The number of nitro benzene ring substituents is 1. The average molecular weight is 391 g/mol. The van der Waals surface area contributed by atoms with Crippen LogP contribution in [0.3, 0.4) is 0 Å². The fraction of sp³-hybridized carbons (Fsp3) is 0.200. The number of hydrogen-bond acceptors (Lipinski definition) is 9. The molecular formula is C15H13N5O4S2. The Labute approximate surface area is 155 Å². The molecule has 4 rings (SSSR count). The van der Waals surface area contributed by atoms with Crippen molar-refractivity contribution in [2.24, 2.45) is 0 Å². The summed E-state index contributed by atoms with van der Waals surface area (Å²) in [4.78, 5) is 11.7. The van der Waals surface area contributed by atoms with E-state index in [2.05, 4.69) is 10.2 Å². The van der Waals surface area contributed by atoms with Gasteiger partial charge in [-0.3, -0.25) is 10.1 Å². The van der Waals surface area contributed by atoms with E-state index in [1.807, 2.05) is 17.5 Å². The van der Waals surface area contributed by atoms with Crippen LogP contribution >= 0.6 is 23.1 Å². The number of nitrogens with zero attached hydrogens (tertiary/aromatic N) is 4. The second kappa shape index (κ2) is 6.94. The molecule has 1 aromatic carbocycles. The zero-order valence-electron chi connectivity index (χ0n) is 13.3. The number of rotatable bonds is 5. The third-order valence-corrected chi connectivity index (χ3v) is 5.60. The van der Waals surface area contributed by atoms with Gasteiger partial charge in [-0.05, 0) is 11.4 Å². The fourth-order valence-corrected chi connectivity index (χ4v) is 4.11. The Bertz CT molecular complexity index is 957. The maximum absolute atomic E-state index is 11.2. The number of thiophene rings is 1. The van der Waals surface area contributed by atoms with E-state index in [9.17, 15) is 10.1 Å². The van der Waals surface area contributed by atoms with Gasteiger partial charge in [-0.2, -0.15) is 0 Å². The molecule has 0 fully saturated rings. The molecule has 3 heterocycles. The molecule has 3 aromatic rings. The number of nitrogen functional groups attached to an aromatic ring is 1. The Morgan fingerprint density at radius 3 is 3.08 bits per heavy atom. The van der Waals surface area contributed by atoms with Crippen molar-refractivity contribution in [3.8, 4) is 16.5 Å². The van der Waals surface area contributed by atoms with Crippen molar-refractivity contribution >= 4 is 28.8 Å². The van der Waals surface area contributed by atoms with Gasteiger partial charge < -0.3 is 15.3 Å². The first-order valence-corrected chi connectivity index (χ1v) is 9.38. The van der Waals surface area contributed by atoms with E-state index in [1.54, 1.807) is 0 Å². The molecule has 0 bridgehead atoms. The number of non-ortho nitro benzene ring substituents is 1. The lowest BCUT2D eigenvalue weighted by Gasteiger charge is -2.20. The zero-order chi connectivity index (χ0) is 18.1. The predicted octanol–water partition coefficient (Wildman–Crippen LogP) is 2.79. The minimum atomic E-state index is -0.427. The first-order valence-electron chi connectivity index (χ1n) is 7.51. The summed E-state index contributed by atoms with van der Waals surface area (Å²) >= 11 is 2.86. The van der Waals surface area contributed by atoms with Crippen LogP contribution in [0.1, 0.15) is 11.1 Å². The fourth-order valence-electron chi connectivity index (χ4n) is 2.59. The minimum absolute atomic E-state index is 0.00180. The number of nitro groups is 1. The molecule has 9 nitrogen and oxygen atoms in total. The SMILES string of the molecule is Nn1c(SCc2cc([N+](=O)[O-])cc3c2OCOC3)nnc1-c1cccs1. The molecule has 0 saturated carbocycles. The van der Waals surface area contributed by atoms with Crippen molar-refractivity contribution in [3.63, 3.8) is 0 Å². The molecule has 1 aliphatic rings. The first-order chi connectivity index (χ1) is 12.6. The smallest absolute Gasteiger partial charge is 0.270 e. The quantitative estimate of drug-likeness (QED) is 0.305. The second-order valence-corrected chi connectivity index (χ2v) is 7.29. The Morgan fingerprint density at radius 1 is 1.42 bits per heavy atom. The van der Waals surface area contributed by atoms with E-state index >= 15 is 0 Å². The number of fused-ring (bicyclic) bond motifs is 1. The molecule has 26 heavy (non-hydrogen) atoms. The van der Waals surface area contributed by atoms with Crippen molar-refractivity contribution in [3.05, 3.63) is 50.9 Å². The van der Waals surface area contributed by atoms with Gasteiger partial charge in [0, 0.05) is 29.0 Å². The highest BCUT2D eigenvalue weighted by Crippen LogP contribution is 2.36. The summed E-state index contributed by atoms with van der Waals surface area (Å²) in [7, 11) is 0. The molecule has 11 heteroatoms. The van der Waals surface area contributed by atoms with Crippen molar-refractivity contribution in [1.82, 2.24) is 14.9 Å². The molecule has 0 amide bonds. The van der Waals surface area contributed by atoms with E-state index in [1.165, 1.54) is 39.9 Å². The van der Waals surface area contributed by atoms with E-state index in [-0.39, 0.29) is 19.1 Å². The topological polar surface area (TPSA) is 118 Å². The van der Waals surface area contributed by atoms with E-state index in [4.69, 9.17) is 15.3 Å². The highest BCUT2D eigenvalue weighted by atomic mass is 32.2. The van der Waals surface area contributed by atoms with Gasteiger partial charge in [0.2, 0.25) is 5.16 Å². The molecular weight excluding hydrogens is 378 g/mol. The van der Waals surface area contributed by atoms with Gasteiger partial charge in [-0.15, -0.1) is 21.5 Å². The second-order valence-electron chi connectivity index (χ2n) is 5.40. The molecule has 0 spiro atoms. The number of ether oxygens (including phenoxy) is 2. The molecule has 0 atom stereocenters. The van der Waals surface area contributed by atoms with Gasteiger partial charge in [0.05, 0.1) is 16.4 Å². The van der Waals surface area contributed by atoms with E-state index in [0.717, 1.165) is 4.88 Å². The maximum Gasteiger partial charge on any atom is 0.270 e. The highest BCUT2D eigenvalue weighted by molar-refractivity contribution is 7.98. The number of hydrogen-bond donors (Lipinski definition) is 1. The van der Waals surface area contributed by atoms with Crippen LogP contribution in [0.15, 0.2) is 34.8 Å². The normalized spacial score (nSPS) is 13.2. The molecule has 2 N–H and O–H groups in total. The summed E-state index contributed by atoms with van der Waals surface area (Å²) in [5, 5.41) is 21.9. The Balaban J connectivity index is 1.60. The Hall–Kier alpha value is -2.63. The predicted molar refractivity (Wildman–Crippen MR) is 96.4 cm³/mol. The first kappa shape index (κ1) is 16.8. The van der Waals surface area contributed by atoms with Gasteiger partial charge in [0.25, 0.3) is 5.69 Å². The summed E-state index contributed by atoms with van der Waals surface area (Å²) in [6.45, 7) is 0.405. The minimum Gasteiger partial charge on any atom is -0.467 e. The molecule has 0 saturated heterocycles. The Kier molecular flexibility index (Phi) is 4.49. The third-order valence-electron chi connectivity index (χ3n) is 3.75. The largest absolute Gasteiger partial charge is 0.467 e. The van der Waals surface area contributed by atoms with Crippen molar-refractivity contribution in [2.45, 2.75) is 17.5 Å². The van der Waals surface area contributed by atoms with Crippen LogP contribution in [-0.4, -0.2) is 26.6 Å². The molecule has 2 aromatic heterocycles. The standard InChI is InChI=1S/C15H13N5O4S2/c16-19-14(12-2-1-3-25-12)17-18-15(19)26-7-10-5-11(20(21)22)4-9-6-23-8-24-13(9)10/h1-5H,6-8,16H2. The monoisotopic (exact) mass is 391 g/mol. The van der Waals surface area contributed by atoms with Crippen LogP contribution < -0.4 is 10.6 Å². The Morgan fingerprint density at radius 2 is 2.31 bits per heavy atom. The van der Waals surface area contributed by atoms with E-state index < -0.39 is 4.92 Å².